The lowest BCUT2D eigenvalue weighted by Crippen LogP contribution is -2.34. The minimum absolute atomic E-state index is 0.601. The molecule has 0 aliphatic carbocycles. The predicted molar refractivity (Wildman–Crippen MR) is 56.6 cm³/mol. The molecule has 2 rings (SSSR count). The van der Waals surface area contributed by atoms with Gasteiger partial charge in [-0.2, -0.15) is 0 Å². The van der Waals surface area contributed by atoms with Gasteiger partial charge in [0.2, 0.25) is 0 Å². The van der Waals surface area contributed by atoms with Gasteiger partial charge in [-0.1, -0.05) is 0 Å². The van der Waals surface area contributed by atoms with Crippen LogP contribution in [-0.2, 0) is 13.6 Å². The molecule has 1 atom stereocenters. The van der Waals surface area contributed by atoms with Crippen molar-refractivity contribution in [2.45, 2.75) is 19.4 Å². The zero-order chi connectivity index (χ0) is 9.97. The van der Waals surface area contributed by atoms with E-state index in [4.69, 9.17) is 0 Å². The van der Waals surface area contributed by atoms with E-state index in [-0.39, 0.29) is 0 Å². The molecular weight excluding hydrogens is 174 g/mol. The maximum absolute atomic E-state index is 4.34. The summed E-state index contributed by atoms with van der Waals surface area (Å²) in [7, 11) is 2.05. The molecule has 1 saturated heterocycles. The van der Waals surface area contributed by atoms with E-state index in [1.807, 2.05) is 19.4 Å². The average Bonchev–Trinajstić information content (AvgIpc) is 2.52. The highest BCUT2D eigenvalue weighted by Gasteiger charge is 2.17. The van der Waals surface area contributed by atoms with Crippen LogP contribution in [0.1, 0.15) is 18.7 Å². The Balaban J connectivity index is 1.94. The highest BCUT2D eigenvalue weighted by molar-refractivity contribution is 4.91. The van der Waals surface area contributed by atoms with Crippen molar-refractivity contribution in [2.24, 2.45) is 13.0 Å². The monoisotopic (exact) mass is 192 g/mol. The molecule has 1 radical (unpaired) electrons. The lowest BCUT2D eigenvalue weighted by molar-refractivity contribution is 0.182. The number of nitrogens with zero attached hydrogens (tertiary/aromatic N) is 3. The molecule has 0 spiro atoms. The molecule has 1 aliphatic heterocycles. The normalized spacial score (nSPS) is 24.0. The van der Waals surface area contributed by atoms with Gasteiger partial charge >= 0.3 is 0 Å². The minimum atomic E-state index is 0.601. The van der Waals surface area contributed by atoms with Crippen LogP contribution in [0.4, 0.5) is 0 Å². The Labute approximate surface area is 85.7 Å². The number of aryl methyl sites for hydroxylation is 1. The molecule has 0 saturated carbocycles. The summed E-state index contributed by atoms with van der Waals surface area (Å²) in [4.78, 5) is 6.78. The fourth-order valence-corrected chi connectivity index (χ4v) is 2.04. The van der Waals surface area contributed by atoms with Crippen LogP contribution >= 0.6 is 0 Å². The second-order valence-corrected chi connectivity index (χ2v) is 4.20. The van der Waals surface area contributed by atoms with E-state index in [0.29, 0.717) is 5.92 Å². The van der Waals surface area contributed by atoms with Gasteiger partial charge in [0.15, 0.2) is 0 Å². The van der Waals surface area contributed by atoms with Gasteiger partial charge < -0.3 is 4.57 Å². The number of hydrogen-bond donors (Lipinski definition) is 0. The summed E-state index contributed by atoms with van der Waals surface area (Å²) in [5, 5.41) is 0. The molecule has 3 nitrogen and oxygen atoms in total. The number of piperidine rings is 1. The first-order valence-corrected chi connectivity index (χ1v) is 5.27. The Morgan fingerprint density at radius 1 is 1.64 bits per heavy atom. The highest BCUT2D eigenvalue weighted by Crippen LogP contribution is 2.16. The molecule has 2 heterocycles. The van der Waals surface area contributed by atoms with Crippen molar-refractivity contribution < 1.29 is 0 Å². The van der Waals surface area contributed by atoms with Crippen LogP contribution < -0.4 is 0 Å². The smallest absolute Gasteiger partial charge is 0.122 e. The van der Waals surface area contributed by atoms with Gasteiger partial charge in [0, 0.05) is 26.0 Å². The molecule has 0 N–H and O–H groups in total. The summed E-state index contributed by atoms with van der Waals surface area (Å²) in [6.45, 7) is 7.41. The van der Waals surface area contributed by atoms with Crippen LogP contribution in [0.25, 0.3) is 0 Å². The van der Waals surface area contributed by atoms with E-state index in [1.165, 1.54) is 19.4 Å². The summed E-state index contributed by atoms with van der Waals surface area (Å²) in [6.07, 6.45) is 6.41. The zero-order valence-corrected chi connectivity index (χ0v) is 8.82. The molecule has 3 heteroatoms. The minimum Gasteiger partial charge on any atom is -0.337 e. The highest BCUT2D eigenvalue weighted by atomic mass is 15.2. The van der Waals surface area contributed by atoms with Gasteiger partial charge in [-0.05, 0) is 32.2 Å². The topological polar surface area (TPSA) is 21.1 Å². The molecule has 77 valence electrons. The van der Waals surface area contributed by atoms with Gasteiger partial charge in [-0.15, -0.1) is 0 Å². The Morgan fingerprint density at radius 2 is 2.50 bits per heavy atom. The second kappa shape index (κ2) is 4.13. The number of imidazole rings is 1. The van der Waals surface area contributed by atoms with Crippen molar-refractivity contribution in [2.75, 3.05) is 13.1 Å². The molecule has 0 aromatic carbocycles. The van der Waals surface area contributed by atoms with Gasteiger partial charge in [0.05, 0.1) is 6.54 Å². The van der Waals surface area contributed by atoms with Gasteiger partial charge in [-0.25, -0.2) is 4.98 Å². The standard InChI is InChI=1S/C11H18N3/c1-10-4-3-6-14(8-10)9-11-12-5-7-13(11)2/h5,7,10H,1,3-4,6,8-9H2,2H3. The Hall–Kier alpha value is -0.830. The van der Waals surface area contributed by atoms with Crippen LogP contribution in [0.5, 0.6) is 0 Å². The van der Waals surface area contributed by atoms with Crippen molar-refractivity contribution in [1.82, 2.24) is 14.5 Å². The molecule has 1 aromatic heterocycles. The summed E-state index contributed by atoms with van der Waals surface area (Å²) in [5.74, 6) is 1.75. The van der Waals surface area contributed by atoms with Gasteiger partial charge in [0.1, 0.15) is 5.82 Å². The van der Waals surface area contributed by atoms with E-state index in [2.05, 4.69) is 21.4 Å². The van der Waals surface area contributed by atoms with Crippen molar-refractivity contribution in [3.8, 4) is 0 Å². The molecule has 1 fully saturated rings. The first-order valence-electron chi connectivity index (χ1n) is 5.27. The second-order valence-electron chi connectivity index (χ2n) is 4.20. The first-order chi connectivity index (χ1) is 6.75. The summed E-state index contributed by atoms with van der Waals surface area (Å²) in [6, 6.07) is 0. The average molecular weight is 192 g/mol. The number of likely N-dealkylation sites (tertiary alicyclic amines) is 1. The fourth-order valence-electron chi connectivity index (χ4n) is 2.04. The molecular formula is C11H18N3. The molecule has 1 unspecified atom stereocenters. The molecule has 0 bridgehead atoms. The van der Waals surface area contributed by atoms with E-state index in [9.17, 15) is 0 Å². The SMILES string of the molecule is [CH2]C1CCCN(Cc2nccn2C)C1. The number of aromatic nitrogens is 2. The van der Waals surface area contributed by atoms with Crippen LogP contribution in [-0.4, -0.2) is 27.5 Å². The zero-order valence-electron chi connectivity index (χ0n) is 8.82. The lowest BCUT2D eigenvalue weighted by atomic mass is 10.0. The third kappa shape index (κ3) is 2.15. The van der Waals surface area contributed by atoms with Crippen LogP contribution in [0, 0.1) is 12.8 Å². The Kier molecular flexibility index (Phi) is 2.87. The van der Waals surface area contributed by atoms with Crippen LogP contribution in [0.2, 0.25) is 0 Å². The van der Waals surface area contributed by atoms with Crippen molar-refractivity contribution in [1.29, 1.82) is 0 Å². The van der Waals surface area contributed by atoms with E-state index < -0.39 is 0 Å². The first kappa shape index (κ1) is 9.71. The summed E-state index contributed by atoms with van der Waals surface area (Å²) in [5.41, 5.74) is 0. The molecule has 0 amide bonds. The molecule has 14 heavy (non-hydrogen) atoms. The van der Waals surface area contributed by atoms with Crippen LogP contribution in [0.3, 0.4) is 0 Å². The Morgan fingerprint density at radius 3 is 3.14 bits per heavy atom. The van der Waals surface area contributed by atoms with Crippen molar-refractivity contribution >= 4 is 0 Å². The maximum Gasteiger partial charge on any atom is 0.122 e. The largest absolute Gasteiger partial charge is 0.337 e. The van der Waals surface area contributed by atoms with Gasteiger partial charge in [-0.3, -0.25) is 4.90 Å². The number of hydrogen-bond acceptors (Lipinski definition) is 2. The quantitative estimate of drug-likeness (QED) is 0.707. The van der Waals surface area contributed by atoms with Gasteiger partial charge in [0.25, 0.3) is 0 Å². The lowest BCUT2D eigenvalue weighted by Gasteiger charge is -2.30. The van der Waals surface area contributed by atoms with E-state index in [1.54, 1.807) is 0 Å². The predicted octanol–water partition coefficient (Wildman–Crippen LogP) is 1.47. The maximum atomic E-state index is 4.34. The van der Waals surface area contributed by atoms with Crippen molar-refractivity contribution in [3.05, 3.63) is 25.1 Å². The molecule has 1 aliphatic rings. The summed E-state index contributed by atoms with van der Waals surface area (Å²) < 4.78 is 2.09. The third-order valence-electron chi connectivity index (χ3n) is 2.89. The number of rotatable bonds is 2. The van der Waals surface area contributed by atoms with Crippen LogP contribution in [0.15, 0.2) is 12.4 Å². The molecule has 1 aromatic rings. The van der Waals surface area contributed by atoms with Crippen molar-refractivity contribution in [3.63, 3.8) is 0 Å². The summed E-state index contributed by atoms with van der Waals surface area (Å²) >= 11 is 0. The van der Waals surface area contributed by atoms with E-state index in [0.717, 1.165) is 18.9 Å². The van der Waals surface area contributed by atoms with E-state index >= 15 is 0 Å². The third-order valence-corrected chi connectivity index (χ3v) is 2.89. The fraction of sp³-hybridized carbons (Fsp3) is 0.636. The Bertz CT molecular complexity index is 292.